The fourth-order valence-electron chi connectivity index (χ4n) is 3.53. The second-order valence-corrected chi connectivity index (χ2v) is 6.24. The van der Waals surface area contributed by atoms with Gasteiger partial charge in [0.05, 0.1) is 5.56 Å². The van der Waals surface area contributed by atoms with Crippen LogP contribution in [-0.2, 0) is 0 Å². The van der Waals surface area contributed by atoms with Crippen LogP contribution in [0, 0.1) is 6.92 Å². The number of nitrogens with zero attached hydrogens (tertiary/aromatic N) is 2. The second-order valence-electron chi connectivity index (χ2n) is 6.24. The van der Waals surface area contributed by atoms with Gasteiger partial charge in [-0.05, 0) is 43.5 Å². The molecule has 1 aliphatic heterocycles. The molecule has 1 aliphatic rings. The molecular formula is C19H23N3O. The Bertz CT molecular complexity index is 713. The molecule has 0 bridgehead atoms. The first-order valence-corrected chi connectivity index (χ1v) is 8.11. The van der Waals surface area contributed by atoms with Crippen molar-refractivity contribution in [3.05, 3.63) is 59.3 Å². The van der Waals surface area contributed by atoms with E-state index in [1.807, 2.05) is 12.1 Å². The largest absolute Gasteiger partial charge is 0.355 e. The molecular weight excluding hydrogens is 286 g/mol. The van der Waals surface area contributed by atoms with Gasteiger partial charge in [0.25, 0.3) is 5.91 Å². The highest BCUT2D eigenvalue weighted by Gasteiger charge is 2.33. The lowest BCUT2D eigenvalue weighted by molar-refractivity contribution is 0.0963. The first-order valence-electron chi connectivity index (χ1n) is 8.11. The molecule has 2 aromatic rings. The number of nitrogens with one attached hydrogen (secondary N) is 1. The van der Waals surface area contributed by atoms with Gasteiger partial charge in [-0.25, -0.2) is 4.98 Å². The van der Waals surface area contributed by atoms with Gasteiger partial charge in [0, 0.05) is 31.7 Å². The number of pyridine rings is 1. The van der Waals surface area contributed by atoms with Crippen molar-refractivity contribution in [3.63, 3.8) is 0 Å². The van der Waals surface area contributed by atoms with Crippen LogP contribution in [0.2, 0.25) is 0 Å². The third-order valence-corrected chi connectivity index (χ3v) is 4.73. The summed E-state index contributed by atoms with van der Waals surface area (Å²) in [5.74, 6) is 1.18. The molecule has 2 unspecified atom stereocenters. The van der Waals surface area contributed by atoms with Crippen LogP contribution in [-0.4, -0.2) is 30.5 Å². The maximum Gasteiger partial charge on any atom is 0.254 e. The molecule has 1 aromatic carbocycles. The van der Waals surface area contributed by atoms with E-state index in [4.69, 9.17) is 0 Å². The van der Waals surface area contributed by atoms with Crippen molar-refractivity contribution in [1.82, 2.24) is 10.3 Å². The lowest BCUT2D eigenvalue weighted by Crippen LogP contribution is -2.31. The normalized spacial score (nSPS) is 20.6. The molecule has 4 nitrogen and oxygen atoms in total. The first kappa shape index (κ1) is 15.5. The number of hydrogen-bond acceptors (Lipinski definition) is 3. The summed E-state index contributed by atoms with van der Waals surface area (Å²) in [7, 11) is 1.66. The number of amides is 1. The van der Waals surface area contributed by atoms with E-state index in [-0.39, 0.29) is 5.91 Å². The van der Waals surface area contributed by atoms with Crippen molar-refractivity contribution < 1.29 is 4.79 Å². The van der Waals surface area contributed by atoms with E-state index in [2.05, 4.69) is 53.3 Å². The zero-order chi connectivity index (χ0) is 16.4. The van der Waals surface area contributed by atoms with Gasteiger partial charge < -0.3 is 10.2 Å². The number of rotatable bonds is 3. The van der Waals surface area contributed by atoms with E-state index in [0.717, 1.165) is 18.8 Å². The topological polar surface area (TPSA) is 45.2 Å². The fraction of sp³-hybridized carbons (Fsp3) is 0.368. The molecule has 2 atom stereocenters. The summed E-state index contributed by atoms with van der Waals surface area (Å²) in [4.78, 5) is 18.9. The van der Waals surface area contributed by atoms with Crippen molar-refractivity contribution in [1.29, 1.82) is 0 Å². The summed E-state index contributed by atoms with van der Waals surface area (Å²) < 4.78 is 0. The van der Waals surface area contributed by atoms with E-state index in [1.54, 1.807) is 13.2 Å². The number of aryl methyl sites for hydroxylation is 1. The molecule has 1 fully saturated rings. The maximum absolute atomic E-state index is 12.1. The average Bonchev–Trinajstić information content (AvgIpc) is 2.96. The van der Waals surface area contributed by atoms with Crippen LogP contribution in [0.15, 0.2) is 42.6 Å². The van der Waals surface area contributed by atoms with Crippen molar-refractivity contribution in [3.8, 4) is 0 Å². The number of carbonyl (C=O) groups excluding carboxylic acids is 1. The number of anilines is 1. The minimum atomic E-state index is -0.0837. The minimum absolute atomic E-state index is 0.0837. The van der Waals surface area contributed by atoms with Gasteiger partial charge in [0.15, 0.2) is 0 Å². The Morgan fingerprint density at radius 3 is 2.78 bits per heavy atom. The zero-order valence-electron chi connectivity index (χ0n) is 13.9. The fourth-order valence-corrected chi connectivity index (χ4v) is 3.53. The lowest BCUT2D eigenvalue weighted by atomic mass is 9.93. The van der Waals surface area contributed by atoms with Crippen LogP contribution in [0.3, 0.4) is 0 Å². The van der Waals surface area contributed by atoms with Crippen molar-refractivity contribution >= 4 is 11.7 Å². The third kappa shape index (κ3) is 2.93. The van der Waals surface area contributed by atoms with Crippen molar-refractivity contribution in [2.45, 2.75) is 32.2 Å². The molecule has 1 saturated heterocycles. The van der Waals surface area contributed by atoms with Gasteiger partial charge >= 0.3 is 0 Å². The molecule has 0 spiro atoms. The summed E-state index contributed by atoms with van der Waals surface area (Å²) >= 11 is 0. The van der Waals surface area contributed by atoms with Gasteiger partial charge in [0.1, 0.15) is 5.82 Å². The summed E-state index contributed by atoms with van der Waals surface area (Å²) in [5, 5.41) is 2.71. The smallest absolute Gasteiger partial charge is 0.254 e. The first-order chi connectivity index (χ1) is 11.1. The molecule has 0 saturated carbocycles. The number of carbonyl (C=O) groups is 1. The highest BCUT2D eigenvalue weighted by atomic mass is 16.1. The molecule has 1 amide bonds. The third-order valence-electron chi connectivity index (χ3n) is 4.73. The number of benzene rings is 1. The minimum Gasteiger partial charge on any atom is -0.355 e. The van der Waals surface area contributed by atoms with Crippen LogP contribution >= 0.6 is 0 Å². The number of hydrogen-bond donors (Lipinski definition) is 1. The molecule has 120 valence electrons. The maximum atomic E-state index is 12.1. The molecule has 0 aliphatic carbocycles. The van der Waals surface area contributed by atoms with Crippen LogP contribution < -0.4 is 10.2 Å². The van der Waals surface area contributed by atoms with Gasteiger partial charge in [-0.2, -0.15) is 0 Å². The molecule has 1 N–H and O–H groups in total. The van der Waals surface area contributed by atoms with E-state index in [0.29, 0.717) is 17.5 Å². The van der Waals surface area contributed by atoms with Crippen LogP contribution in [0.5, 0.6) is 0 Å². The Balaban J connectivity index is 1.91. The van der Waals surface area contributed by atoms with Crippen LogP contribution in [0.25, 0.3) is 0 Å². The second kappa shape index (κ2) is 6.41. The molecule has 1 aromatic heterocycles. The van der Waals surface area contributed by atoms with Crippen molar-refractivity contribution in [2.75, 3.05) is 18.5 Å². The van der Waals surface area contributed by atoms with E-state index < -0.39 is 0 Å². The SMILES string of the molecule is CNC(=O)c1cccnc1N1CC(c2ccccc2C)CC1C. The summed E-state index contributed by atoms with van der Waals surface area (Å²) in [6.45, 7) is 5.27. The van der Waals surface area contributed by atoms with Crippen molar-refractivity contribution in [2.24, 2.45) is 0 Å². The predicted octanol–water partition coefficient (Wildman–Crippen LogP) is 3.13. The van der Waals surface area contributed by atoms with Gasteiger partial charge in [-0.15, -0.1) is 0 Å². The molecule has 4 heteroatoms. The van der Waals surface area contributed by atoms with Crippen LogP contribution in [0.4, 0.5) is 5.82 Å². The Labute approximate surface area is 137 Å². The lowest BCUT2D eigenvalue weighted by Gasteiger charge is -2.24. The Kier molecular flexibility index (Phi) is 4.33. The molecule has 3 rings (SSSR count). The highest BCUT2D eigenvalue weighted by Crippen LogP contribution is 2.36. The number of aromatic nitrogens is 1. The molecule has 23 heavy (non-hydrogen) atoms. The van der Waals surface area contributed by atoms with Gasteiger partial charge in [-0.1, -0.05) is 24.3 Å². The van der Waals surface area contributed by atoms with E-state index in [9.17, 15) is 4.79 Å². The zero-order valence-corrected chi connectivity index (χ0v) is 13.9. The van der Waals surface area contributed by atoms with Crippen LogP contribution in [0.1, 0.15) is 40.7 Å². The highest BCUT2D eigenvalue weighted by molar-refractivity contribution is 5.98. The Morgan fingerprint density at radius 2 is 2.04 bits per heavy atom. The quantitative estimate of drug-likeness (QED) is 0.947. The van der Waals surface area contributed by atoms with E-state index >= 15 is 0 Å². The molecule has 0 radical (unpaired) electrons. The Morgan fingerprint density at radius 1 is 1.26 bits per heavy atom. The molecule has 2 heterocycles. The van der Waals surface area contributed by atoms with E-state index in [1.165, 1.54) is 11.1 Å². The monoisotopic (exact) mass is 309 g/mol. The Hall–Kier alpha value is -2.36. The van der Waals surface area contributed by atoms with Gasteiger partial charge in [-0.3, -0.25) is 4.79 Å². The average molecular weight is 309 g/mol. The predicted molar refractivity (Wildman–Crippen MR) is 93.0 cm³/mol. The standard InChI is InChI=1S/C19H23N3O/c1-13-7-4-5-8-16(13)15-11-14(2)22(12-15)18-17(19(23)20-3)9-6-10-21-18/h4-10,14-15H,11-12H2,1-3H3,(H,20,23). The van der Waals surface area contributed by atoms with Gasteiger partial charge in [0.2, 0.25) is 0 Å². The summed E-state index contributed by atoms with van der Waals surface area (Å²) in [6, 6.07) is 12.6. The summed E-state index contributed by atoms with van der Waals surface area (Å²) in [6.07, 6.45) is 2.84. The summed E-state index contributed by atoms with van der Waals surface area (Å²) in [5.41, 5.74) is 3.38.